The van der Waals surface area contributed by atoms with Crippen molar-refractivity contribution in [1.29, 1.82) is 0 Å². The summed E-state index contributed by atoms with van der Waals surface area (Å²) < 4.78 is 25.6. The quantitative estimate of drug-likeness (QED) is 0.0478. The van der Waals surface area contributed by atoms with Crippen molar-refractivity contribution >= 4 is 109 Å². The number of hydrogen-bond donors (Lipinski definition) is 4. The van der Waals surface area contributed by atoms with Gasteiger partial charge in [-0.15, -0.1) is 0 Å². The molecule has 356 valence electrons. The Morgan fingerprint density at radius 2 is 1.52 bits per heavy atom. The van der Waals surface area contributed by atoms with Crippen LogP contribution in [0.3, 0.4) is 0 Å². The van der Waals surface area contributed by atoms with E-state index in [9.17, 15) is 18.9 Å². The van der Waals surface area contributed by atoms with Gasteiger partial charge in [0.15, 0.2) is 17.7 Å². The van der Waals surface area contributed by atoms with Gasteiger partial charge in [-0.3, -0.25) is 19.2 Å². The molecule has 0 saturated carbocycles. The normalized spacial score (nSPS) is 14.7. The van der Waals surface area contributed by atoms with E-state index in [-0.39, 0.29) is 54.7 Å². The number of hydrogen-bond acceptors (Lipinski definition) is 9. The number of likely N-dealkylation sites (N-methyl/N-ethyl adjacent to an activating group) is 1. The summed E-state index contributed by atoms with van der Waals surface area (Å²) >= 11 is 24.6. The molecule has 2 atom stereocenters. The third-order valence-electron chi connectivity index (χ3n) is 11.0. The van der Waals surface area contributed by atoms with Crippen molar-refractivity contribution in [2.75, 3.05) is 42.0 Å². The van der Waals surface area contributed by atoms with Gasteiger partial charge < -0.3 is 20.1 Å². The molecule has 1 saturated heterocycles. The molecular weight excluding hydrogens is 944 g/mol. The van der Waals surface area contributed by atoms with Crippen molar-refractivity contribution in [2.24, 2.45) is 9.98 Å². The number of carbonyl (C=O) groups is 2. The van der Waals surface area contributed by atoms with Crippen molar-refractivity contribution in [3.63, 3.8) is 0 Å². The van der Waals surface area contributed by atoms with Gasteiger partial charge in [0.05, 0.1) is 33.6 Å². The van der Waals surface area contributed by atoms with E-state index in [1.54, 1.807) is 49.4 Å². The van der Waals surface area contributed by atoms with Gasteiger partial charge >= 0.3 is 0 Å². The highest BCUT2D eigenvalue weighted by Crippen LogP contribution is 2.38. The largest absolute Gasteiger partial charge is 0.508 e. The zero-order valence-electron chi connectivity index (χ0n) is 38.0. The van der Waals surface area contributed by atoms with E-state index in [0.29, 0.717) is 48.7 Å². The Morgan fingerprint density at radius 3 is 2.15 bits per heavy atom. The monoisotopic (exact) mass is 1000 g/mol. The maximum absolute atomic E-state index is 14.3. The molecule has 0 radical (unpaired) electrons. The van der Waals surface area contributed by atoms with E-state index in [4.69, 9.17) is 65.3 Å². The number of phenols is 1. The molecule has 0 bridgehead atoms. The van der Waals surface area contributed by atoms with E-state index in [2.05, 4.69) is 27.3 Å². The van der Waals surface area contributed by atoms with Crippen molar-refractivity contribution in [3.8, 4) is 11.5 Å². The number of carbonyl (C=O) groups excluding carboxylic acids is 2. The molecular formula is C48H59Cl4N7O6S. The van der Waals surface area contributed by atoms with Crippen LogP contribution in [0.1, 0.15) is 95.6 Å². The number of rotatable bonds is 25. The highest BCUT2D eigenvalue weighted by Gasteiger charge is 2.37. The molecule has 4 aromatic carbocycles. The van der Waals surface area contributed by atoms with Crippen molar-refractivity contribution in [1.82, 2.24) is 10.1 Å². The molecule has 13 nitrogen and oxygen atoms in total. The first-order valence-corrected chi connectivity index (χ1v) is 24.9. The van der Waals surface area contributed by atoms with Gasteiger partial charge in [0.1, 0.15) is 17.2 Å². The Labute approximate surface area is 411 Å². The molecule has 1 aliphatic heterocycles. The number of anilines is 3. The molecule has 5 rings (SSSR count). The summed E-state index contributed by atoms with van der Waals surface area (Å²) in [5.74, 6) is -0.329. The van der Waals surface area contributed by atoms with Crippen LogP contribution >= 0.6 is 46.4 Å². The van der Waals surface area contributed by atoms with Gasteiger partial charge in [-0.05, 0) is 111 Å². The van der Waals surface area contributed by atoms with Crippen molar-refractivity contribution in [2.45, 2.75) is 104 Å². The molecule has 4 N–H and O–H groups in total. The van der Waals surface area contributed by atoms with Crippen LogP contribution in [0.5, 0.6) is 11.5 Å². The summed E-state index contributed by atoms with van der Waals surface area (Å²) in [6.45, 7) is 9.54. The third kappa shape index (κ3) is 15.0. The SMILES string of the molecule is CCCCCCCCCCCCC(Oc1ccc(O)c(C)c1)C(=O)Nc1ccc(Cl)c(N=C2NN(c3c(Cl)cc(Cl)cc3Cl)C(=O)C2=Nc2ccc(N(CC)CCNS(=O)OC)cc2C)c1. The zero-order valence-corrected chi connectivity index (χ0v) is 41.9. The molecule has 2 unspecified atom stereocenters. The molecule has 0 aromatic heterocycles. The van der Waals surface area contributed by atoms with Gasteiger partial charge in [-0.2, -0.15) is 0 Å². The summed E-state index contributed by atoms with van der Waals surface area (Å²) in [5.41, 5.74) is 6.50. The first kappa shape index (κ1) is 52.6. The summed E-state index contributed by atoms with van der Waals surface area (Å²) in [5, 5.41) is 15.0. The lowest BCUT2D eigenvalue weighted by Gasteiger charge is -2.23. The summed E-state index contributed by atoms with van der Waals surface area (Å²) in [7, 11) is 1.36. The van der Waals surface area contributed by atoms with E-state index in [1.165, 1.54) is 57.8 Å². The standard InChI is InChI=1S/C48H59Cl4N7O6S/c1-6-8-9-10-11-12-13-14-15-16-17-43(65-36-20-23-42(60)32(4)27-36)47(61)54-34-18-21-37(50)41(30-34)56-46-44(48(62)59(57-46)45-38(51)28-33(49)29-39(45)52)55-40-22-19-35(26-31(40)3)58(7-2)25-24-53-66(63)64-5/h18-23,26-30,43,53,60H,6-17,24-25H2,1-5H3,(H,54,61)(H,56,57). The van der Waals surface area contributed by atoms with Crippen LogP contribution < -0.4 is 30.1 Å². The van der Waals surface area contributed by atoms with Crippen LogP contribution in [-0.4, -0.2) is 65.5 Å². The number of amides is 2. The first-order chi connectivity index (χ1) is 31.7. The number of nitrogens with zero attached hydrogens (tertiary/aromatic N) is 4. The number of aromatic hydroxyl groups is 1. The number of benzene rings is 4. The maximum atomic E-state index is 14.3. The number of nitrogens with one attached hydrogen (secondary N) is 3. The average Bonchev–Trinajstić information content (AvgIpc) is 3.57. The van der Waals surface area contributed by atoms with E-state index in [0.717, 1.165) is 41.9 Å². The minimum Gasteiger partial charge on any atom is -0.508 e. The molecule has 0 aliphatic carbocycles. The Kier molecular flexibility index (Phi) is 20.9. The van der Waals surface area contributed by atoms with Crippen molar-refractivity contribution < 1.29 is 27.8 Å². The fraction of sp³-hybridized carbons (Fsp3) is 0.417. The lowest BCUT2D eigenvalue weighted by Crippen LogP contribution is -2.36. The van der Waals surface area contributed by atoms with Crippen LogP contribution in [0.4, 0.5) is 28.4 Å². The number of ether oxygens (including phenoxy) is 1. The molecule has 1 aliphatic rings. The van der Waals surface area contributed by atoms with Crippen LogP contribution in [0.25, 0.3) is 0 Å². The fourth-order valence-electron chi connectivity index (χ4n) is 7.32. The molecule has 18 heteroatoms. The highest BCUT2D eigenvalue weighted by molar-refractivity contribution is 7.78. The van der Waals surface area contributed by atoms with Gasteiger partial charge in [0.25, 0.3) is 11.8 Å². The van der Waals surface area contributed by atoms with Crippen LogP contribution in [-0.2, 0) is 25.0 Å². The predicted octanol–water partition coefficient (Wildman–Crippen LogP) is 12.3. The van der Waals surface area contributed by atoms with Crippen molar-refractivity contribution in [3.05, 3.63) is 97.9 Å². The average molecular weight is 1000 g/mol. The highest BCUT2D eigenvalue weighted by atomic mass is 35.5. The smallest absolute Gasteiger partial charge is 0.299 e. The topological polar surface area (TPSA) is 157 Å². The lowest BCUT2D eigenvalue weighted by molar-refractivity contribution is -0.123. The van der Waals surface area contributed by atoms with E-state index in [1.807, 2.05) is 26.0 Å². The molecule has 2 amide bonds. The molecule has 1 fully saturated rings. The second-order valence-electron chi connectivity index (χ2n) is 15.9. The number of aryl methyl sites for hydroxylation is 2. The number of aliphatic imine (C=N–C) groups is 2. The third-order valence-corrected chi connectivity index (χ3v) is 12.8. The van der Waals surface area contributed by atoms with Crippen LogP contribution in [0.15, 0.2) is 76.7 Å². The molecule has 0 spiro atoms. The number of amidine groups is 1. The number of phenolic OH excluding ortho intramolecular Hbond substituents is 1. The van der Waals surface area contributed by atoms with Gasteiger partial charge in [0, 0.05) is 36.0 Å². The maximum Gasteiger partial charge on any atom is 0.299 e. The van der Waals surface area contributed by atoms with Crippen LogP contribution in [0, 0.1) is 13.8 Å². The number of halogens is 4. The minimum absolute atomic E-state index is 0.0354. The Morgan fingerprint density at radius 1 is 0.833 bits per heavy atom. The lowest BCUT2D eigenvalue weighted by atomic mass is 10.0. The second kappa shape index (κ2) is 26.2. The van der Waals surface area contributed by atoms with E-state index >= 15 is 0 Å². The summed E-state index contributed by atoms with van der Waals surface area (Å²) in [4.78, 5) is 40.1. The predicted molar refractivity (Wildman–Crippen MR) is 272 cm³/mol. The Balaban J connectivity index is 1.41. The van der Waals surface area contributed by atoms with Crippen LogP contribution in [0.2, 0.25) is 20.1 Å². The van der Waals surface area contributed by atoms with Gasteiger partial charge in [-0.25, -0.2) is 23.9 Å². The Hall–Kier alpha value is -4.41. The van der Waals surface area contributed by atoms with E-state index < -0.39 is 23.3 Å². The first-order valence-electron chi connectivity index (χ1n) is 22.3. The fourth-order valence-corrected chi connectivity index (χ4v) is 8.84. The zero-order chi connectivity index (χ0) is 47.8. The van der Waals surface area contributed by atoms with Gasteiger partial charge in [0.2, 0.25) is 11.3 Å². The van der Waals surface area contributed by atoms with Gasteiger partial charge in [-0.1, -0.05) is 111 Å². The summed E-state index contributed by atoms with van der Waals surface area (Å²) in [6.07, 6.45) is 11.2. The number of unbranched alkanes of at least 4 members (excludes halogenated alkanes) is 9. The molecule has 1 heterocycles. The summed E-state index contributed by atoms with van der Waals surface area (Å²) in [6, 6.07) is 18.3. The molecule has 4 aromatic rings. The molecule has 66 heavy (non-hydrogen) atoms. The minimum atomic E-state index is -1.59. The Bertz CT molecular complexity index is 2380. The second-order valence-corrected chi connectivity index (χ2v) is 18.7. The number of hydrazine groups is 1.